The zero-order chi connectivity index (χ0) is 19.4. The molecule has 0 saturated heterocycles. The predicted molar refractivity (Wildman–Crippen MR) is 107 cm³/mol. The molecular formula is C22H26N2O3. The van der Waals surface area contributed by atoms with Gasteiger partial charge in [0.2, 0.25) is 0 Å². The van der Waals surface area contributed by atoms with Crippen LogP contribution < -0.4 is 10.1 Å². The molecule has 0 radical (unpaired) electrons. The van der Waals surface area contributed by atoms with Crippen LogP contribution >= 0.6 is 0 Å². The molecule has 1 heterocycles. The molecule has 0 bridgehead atoms. The molecule has 2 aromatic rings. The first-order chi connectivity index (χ1) is 12.8. The Morgan fingerprint density at radius 3 is 2.63 bits per heavy atom. The maximum atomic E-state index is 12.0. The minimum absolute atomic E-state index is 0.194. The van der Waals surface area contributed by atoms with E-state index in [1.807, 2.05) is 76.2 Å². The summed E-state index contributed by atoms with van der Waals surface area (Å²) < 4.78 is 11.2. The number of aliphatic imine (C=N–C) groups is 1. The van der Waals surface area contributed by atoms with E-state index in [2.05, 4.69) is 10.3 Å². The summed E-state index contributed by atoms with van der Waals surface area (Å²) in [6, 6.07) is 15.8. The van der Waals surface area contributed by atoms with E-state index in [1.165, 1.54) is 0 Å². The number of carbonyl (C=O) groups is 1. The van der Waals surface area contributed by atoms with Gasteiger partial charge in [0.1, 0.15) is 18.0 Å². The van der Waals surface area contributed by atoms with E-state index >= 15 is 0 Å². The number of hydrogen-bond donors (Lipinski definition) is 1. The fourth-order valence-corrected chi connectivity index (χ4v) is 2.83. The first kappa shape index (κ1) is 19.0. The van der Waals surface area contributed by atoms with E-state index in [-0.39, 0.29) is 6.04 Å². The Hall–Kier alpha value is -2.82. The van der Waals surface area contributed by atoms with E-state index in [1.54, 1.807) is 0 Å². The molecule has 5 heteroatoms. The quantitative estimate of drug-likeness (QED) is 0.826. The standard InChI is InChI=1S/C22H26N2O3/c1-15(23-21(25)27-22(2,3)4)19-12-17-10-11-18(13-20(17)24-19)26-14-16-8-6-5-7-9-16/h5-11,13,15H,12,14H2,1-4H3,(H,23,25). The van der Waals surface area contributed by atoms with Crippen molar-refractivity contribution in [2.75, 3.05) is 0 Å². The van der Waals surface area contributed by atoms with Gasteiger partial charge in [0.05, 0.1) is 11.7 Å². The van der Waals surface area contributed by atoms with Crippen LogP contribution in [0.15, 0.2) is 53.5 Å². The smallest absolute Gasteiger partial charge is 0.408 e. The van der Waals surface area contributed by atoms with Gasteiger partial charge in [-0.15, -0.1) is 0 Å². The molecule has 0 saturated carbocycles. The van der Waals surface area contributed by atoms with Gasteiger partial charge in [-0.1, -0.05) is 36.4 Å². The van der Waals surface area contributed by atoms with Crippen LogP contribution in [0.4, 0.5) is 10.5 Å². The van der Waals surface area contributed by atoms with Crippen molar-refractivity contribution in [2.45, 2.75) is 52.4 Å². The molecule has 0 fully saturated rings. The highest BCUT2D eigenvalue weighted by Crippen LogP contribution is 2.31. The number of nitrogens with zero attached hydrogens (tertiary/aromatic N) is 1. The minimum atomic E-state index is -0.519. The number of benzene rings is 2. The van der Waals surface area contributed by atoms with Gasteiger partial charge in [-0.25, -0.2) is 4.79 Å². The van der Waals surface area contributed by atoms with Crippen molar-refractivity contribution in [3.05, 3.63) is 59.7 Å². The second-order valence-corrected chi connectivity index (χ2v) is 7.71. The van der Waals surface area contributed by atoms with Gasteiger partial charge in [-0.05, 0) is 44.9 Å². The Labute approximate surface area is 160 Å². The summed E-state index contributed by atoms with van der Waals surface area (Å²) in [4.78, 5) is 16.6. The zero-order valence-electron chi connectivity index (χ0n) is 16.3. The molecule has 142 valence electrons. The SMILES string of the molecule is CC(NC(=O)OC(C)(C)C)C1=Nc2cc(OCc3ccccc3)ccc2C1. The fourth-order valence-electron chi connectivity index (χ4n) is 2.83. The topological polar surface area (TPSA) is 59.9 Å². The van der Waals surface area contributed by atoms with Crippen molar-refractivity contribution in [2.24, 2.45) is 4.99 Å². The number of rotatable bonds is 5. The number of ether oxygens (including phenoxy) is 2. The van der Waals surface area contributed by atoms with Crippen LogP contribution in [0.1, 0.15) is 38.8 Å². The van der Waals surface area contributed by atoms with E-state index in [9.17, 15) is 4.79 Å². The predicted octanol–water partition coefficient (Wildman–Crippen LogP) is 4.81. The van der Waals surface area contributed by atoms with Crippen LogP contribution in [-0.2, 0) is 17.8 Å². The van der Waals surface area contributed by atoms with E-state index < -0.39 is 11.7 Å². The summed E-state index contributed by atoms with van der Waals surface area (Å²) in [6.45, 7) is 7.97. The molecule has 1 aliphatic heterocycles. The molecule has 1 atom stereocenters. The van der Waals surface area contributed by atoms with Gasteiger partial charge in [-0.3, -0.25) is 4.99 Å². The lowest BCUT2D eigenvalue weighted by atomic mass is 10.1. The van der Waals surface area contributed by atoms with Crippen molar-refractivity contribution in [1.29, 1.82) is 0 Å². The van der Waals surface area contributed by atoms with Crippen molar-refractivity contribution < 1.29 is 14.3 Å². The number of hydrogen-bond acceptors (Lipinski definition) is 4. The molecular weight excluding hydrogens is 340 g/mol. The monoisotopic (exact) mass is 366 g/mol. The fraction of sp³-hybridized carbons (Fsp3) is 0.364. The second-order valence-electron chi connectivity index (χ2n) is 7.71. The molecule has 1 aliphatic rings. The third-order valence-electron chi connectivity index (χ3n) is 4.17. The summed E-state index contributed by atoms with van der Waals surface area (Å²) in [6.07, 6.45) is 0.283. The maximum absolute atomic E-state index is 12.0. The number of amides is 1. The Bertz CT molecular complexity index is 838. The molecule has 1 amide bonds. The molecule has 1 N–H and O–H groups in total. The third kappa shape index (κ3) is 5.33. The highest BCUT2D eigenvalue weighted by Gasteiger charge is 2.23. The summed E-state index contributed by atoms with van der Waals surface area (Å²) in [5.41, 5.74) is 3.55. The summed E-state index contributed by atoms with van der Waals surface area (Å²) in [5, 5.41) is 2.85. The molecule has 2 aromatic carbocycles. The van der Waals surface area contributed by atoms with Gasteiger partial charge in [0.25, 0.3) is 0 Å². The van der Waals surface area contributed by atoms with Gasteiger partial charge in [-0.2, -0.15) is 0 Å². The van der Waals surface area contributed by atoms with Crippen LogP contribution in [-0.4, -0.2) is 23.4 Å². The Morgan fingerprint density at radius 1 is 1.19 bits per heavy atom. The van der Waals surface area contributed by atoms with Gasteiger partial charge in [0.15, 0.2) is 0 Å². The highest BCUT2D eigenvalue weighted by atomic mass is 16.6. The van der Waals surface area contributed by atoms with E-state index in [0.717, 1.165) is 28.3 Å². The Kier molecular flexibility index (Phi) is 5.49. The first-order valence-electron chi connectivity index (χ1n) is 9.17. The van der Waals surface area contributed by atoms with Crippen LogP contribution in [0, 0.1) is 0 Å². The van der Waals surface area contributed by atoms with Crippen molar-refractivity contribution in [3.8, 4) is 5.75 Å². The van der Waals surface area contributed by atoms with Gasteiger partial charge < -0.3 is 14.8 Å². The van der Waals surface area contributed by atoms with Gasteiger partial charge >= 0.3 is 6.09 Å². The summed E-state index contributed by atoms with van der Waals surface area (Å²) >= 11 is 0. The lowest BCUT2D eigenvalue weighted by molar-refractivity contribution is 0.0521. The van der Waals surface area contributed by atoms with Crippen LogP contribution in [0.5, 0.6) is 5.75 Å². The number of alkyl carbamates (subject to hydrolysis) is 1. The molecule has 0 spiro atoms. The highest BCUT2D eigenvalue weighted by molar-refractivity contribution is 5.99. The Morgan fingerprint density at radius 2 is 1.93 bits per heavy atom. The lowest BCUT2D eigenvalue weighted by Crippen LogP contribution is -2.41. The van der Waals surface area contributed by atoms with Crippen molar-refractivity contribution in [1.82, 2.24) is 5.32 Å². The minimum Gasteiger partial charge on any atom is -0.489 e. The zero-order valence-corrected chi connectivity index (χ0v) is 16.3. The maximum Gasteiger partial charge on any atom is 0.408 e. The first-order valence-corrected chi connectivity index (χ1v) is 9.17. The molecule has 0 aromatic heterocycles. The normalized spacial score (nSPS) is 14.1. The summed E-state index contributed by atoms with van der Waals surface area (Å²) in [5.74, 6) is 0.787. The average molecular weight is 366 g/mol. The largest absolute Gasteiger partial charge is 0.489 e. The summed E-state index contributed by atoms with van der Waals surface area (Å²) in [7, 11) is 0. The number of carbonyl (C=O) groups excluding carboxylic acids is 1. The van der Waals surface area contributed by atoms with E-state index in [0.29, 0.717) is 13.0 Å². The number of fused-ring (bicyclic) bond motifs is 1. The third-order valence-corrected chi connectivity index (χ3v) is 4.17. The Balaban J connectivity index is 1.61. The second kappa shape index (κ2) is 7.82. The molecule has 1 unspecified atom stereocenters. The van der Waals surface area contributed by atoms with Crippen LogP contribution in [0.25, 0.3) is 0 Å². The lowest BCUT2D eigenvalue weighted by Gasteiger charge is -2.22. The van der Waals surface area contributed by atoms with E-state index in [4.69, 9.17) is 9.47 Å². The van der Waals surface area contributed by atoms with Gasteiger partial charge in [0, 0.05) is 18.2 Å². The molecule has 5 nitrogen and oxygen atoms in total. The molecule has 0 aliphatic carbocycles. The number of nitrogens with one attached hydrogen (secondary N) is 1. The van der Waals surface area contributed by atoms with Crippen LogP contribution in [0.2, 0.25) is 0 Å². The molecule has 27 heavy (non-hydrogen) atoms. The van der Waals surface area contributed by atoms with Crippen LogP contribution in [0.3, 0.4) is 0 Å². The average Bonchev–Trinajstić information content (AvgIpc) is 3.02. The van der Waals surface area contributed by atoms with Crippen molar-refractivity contribution in [3.63, 3.8) is 0 Å². The molecule has 3 rings (SSSR count). The van der Waals surface area contributed by atoms with Crippen molar-refractivity contribution >= 4 is 17.5 Å².